The van der Waals surface area contributed by atoms with Crippen molar-refractivity contribution in [2.75, 3.05) is 6.26 Å². The van der Waals surface area contributed by atoms with Gasteiger partial charge in [0.1, 0.15) is 0 Å². The zero-order valence-corrected chi connectivity index (χ0v) is 9.61. The topological polar surface area (TPSA) is 0 Å². The molecular formula is C5H6Br2S2. The monoisotopic (exact) mass is 288 g/mol. The van der Waals surface area contributed by atoms with Gasteiger partial charge in [0.15, 0.2) is 0 Å². The molecule has 0 fully saturated rings. The van der Waals surface area contributed by atoms with Crippen LogP contribution in [0.15, 0.2) is 21.7 Å². The van der Waals surface area contributed by atoms with Crippen LogP contribution in [0, 0.1) is 0 Å². The van der Waals surface area contributed by atoms with E-state index in [1.807, 2.05) is 0 Å². The Bertz CT molecular complexity index is 175. The van der Waals surface area contributed by atoms with Crippen molar-refractivity contribution in [1.82, 2.24) is 0 Å². The average Bonchev–Trinajstić information content (AvgIpc) is 2.08. The number of hydrogen-bond acceptors (Lipinski definition) is 1. The van der Waals surface area contributed by atoms with Gasteiger partial charge in [-0.15, -0.1) is 0 Å². The fourth-order valence-corrected chi connectivity index (χ4v) is 4.23. The molecule has 0 unspecified atom stereocenters. The zero-order valence-electron chi connectivity index (χ0n) is 4.80. The molecule has 0 atom stereocenters. The molecule has 0 spiro atoms. The van der Waals surface area contributed by atoms with Gasteiger partial charge in [0, 0.05) is 10.3 Å². The Labute approximate surface area is 75.4 Å². The van der Waals surface area contributed by atoms with E-state index >= 15 is 0 Å². The van der Waals surface area contributed by atoms with Crippen LogP contribution < -0.4 is 0 Å². The second-order valence-electron chi connectivity index (χ2n) is 1.68. The molecule has 4 heteroatoms. The summed E-state index contributed by atoms with van der Waals surface area (Å²) in [6, 6.07) is 2.13. The first-order valence-electron chi connectivity index (χ1n) is 2.30. The highest BCUT2D eigenvalue weighted by atomic mass is 79.9. The van der Waals surface area contributed by atoms with Gasteiger partial charge in [0.25, 0.3) is 0 Å². The Balaban J connectivity index is 2.90. The summed E-state index contributed by atoms with van der Waals surface area (Å²) in [5, 5.41) is 4.24. The smallest absolute Gasteiger partial charge is 0.0195 e. The number of thiophene rings is 1. The Hall–Kier alpha value is 1.01. The van der Waals surface area contributed by atoms with Gasteiger partial charge in [0.2, 0.25) is 0 Å². The second kappa shape index (κ2) is 2.95. The summed E-state index contributed by atoms with van der Waals surface area (Å²) in [4.78, 5) is 1.35. The molecule has 0 radical (unpaired) electrons. The molecule has 0 amide bonds. The molecule has 1 aromatic rings. The SMILES string of the molecule is CS(Br)(Br)c1ccsc1. The summed E-state index contributed by atoms with van der Waals surface area (Å²) in [6.45, 7) is -0.824. The molecule has 1 heterocycles. The number of halogens is 2. The standard InChI is InChI=1S/C5H6Br2S2/c1-9(6,7)5-2-3-8-4-5/h2-4H,1H3. The van der Waals surface area contributed by atoms with Crippen LogP contribution in [0.4, 0.5) is 0 Å². The predicted octanol–water partition coefficient (Wildman–Crippen LogP) is 4.16. The lowest BCUT2D eigenvalue weighted by Gasteiger charge is -2.16. The first-order chi connectivity index (χ1) is 4.11. The van der Waals surface area contributed by atoms with Crippen molar-refractivity contribution in [2.45, 2.75) is 4.90 Å². The highest BCUT2D eigenvalue weighted by Crippen LogP contribution is 2.66. The van der Waals surface area contributed by atoms with E-state index in [-0.39, 0.29) is 0 Å². The highest BCUT2D eigenvalue weighted by molar-refractivity contribution is 9.91. The maximum atomic E-state index is 3.57. The van der Waals surface area contributed by atoms with Crippen molar-refractivity contribution in [3.05, 3.63) is 16.8 Å². The minimum atomic E-state index is -0.824. The number of hydrogen-bond donors (Lipinski definition) is 0. The summed E-state index contributed by atoms with van der Waals surface area (Å²) in [5.74, 6) is 0. The van der Waals surface area contributed by atoms with Crippen LogP contribution in [0.2, 0.25) is 0 Å². The Morgan fingerprint density at radius 1 is 1.56 bits per heavy atom. The molecule has 0 saturated carbocycles. The normalized spacial score (nSPS) is 13.7. The minimum Gasteiger partial charge on any atom is -0.151 e. The lowest BCUT2D eigenvalue weighted by Crippen LogP contribution is -1.71. The van der Waals surface area contributed by atoms with Gasteiger partial charge in [-0.25, -0.2) is 0 Å². The third-order valence-corrected chi connectivity index (χ3v) is 5.07. The van der Waals surface area contributed by atoms with Crippen molar-refractivity contribution in [3.8, 4) is 0 Å². The lowest BCUT2D eigenvalue weighted by atomic mass is 10.7. The highest BCUT2D eigenvalue weighted by Gasteiger charge is 2.11. The van der Waals surface area contributed by atoms with Crippen LogP contribution in [0.5, 0.6) is 0 Å². The van der Waals surface area contributed by atoms with Crippen molar-refractivity contribution in [1.29, 1.82) is 0 Å². The third-order valence-electron chi connectivity index (χ3n) is 0.909. The van der Waals surface area contributed by atoms with Gasteiger partial charge in [0.05, 0.1) is 0 Å². The molecule has 52 valence electrons. The molecule has 1 rings (SSSR count). The molecule has 0 N–H and O–H groups in total. The van der Waals surface area contributed by atoms with Crippen molar-refractivity contribution >= 4 is 47.9 Å². The first kappa shape index (κ1) is 8.11. The Morgan fingerprint density at radius 3 is 2.44 bits per heavy atom. The fourth-order valence-electron chi connectivity index (χ4n) is 0.456. The van der Waals surface area contributed by atoms with E-state index in [1.165, 1.54) is 4.90 Å². The molecular weight excluding hydrogens is 284 g/mol. The van der Waals surface area contributed by atoms with Crippen molar-refractivity contribution < 1.29 is 0 Å². The molecule has 0 aromatic carbocycles. The maximum Gasteiger partial charge on any atom is 0.0195 e. The molecule has 0 saturated heterocycles. The van der Waals surface area contributed by atoms with Crippen molar-refractivity contribution in [2.24, 2.45) is 0 Å². The van der Waals surface area contributed by atoms with Gasteiger partial charge in [-0.2, -0.15) is 11.3 Å². The van der Waals surface area contributed by atoms with Gasteiger partial charge in [-0.3, -0.25) is 0 Å². The summed E-state index contributed by atoms with van der Waals surface area (Å²) >= 11 is 8.87. The van der Waals surface area contributed by atoms with Crippen LogP contribution in [0.1, 0.15) is 0 Å². The van der Waals surface area contributed by atoms with E-state index in [2.05, 4.69) is 52.7 Å². The van der Waals surface area contributed by atoms with Crippen LogP contribution in [0.3, 0.4) is 0 Å². The average molecular weight is 290 g/mol. The largest absolute Gasteiger partial charge is 0.151 e. The van der Waals surface area contributed by atoms with Crippen LogP contribution in [0.25, 0.3) is 0 Å². The van der Waals surface area contributed by atoms with Crippen LogP contribution in [-0.2, 0) is 0 Å². The van der Waals surface area contributed by atoms with Gasteiger partial charge < -0.3 is 0 Å². The van der Waals surface area contributed by atoms with Gasteiger partial charge in [-0.05, 0) is 47.3 Å². The molecule has 0 nitrogen and oxygen atoms in total. The third kappa shape index (κ3) is 2.26. The van der Waals surface area contributed by atoms with Crippen LogP contribution >= 0.6 is 47.9 Å². The van der Waals surface area contributed by atoms with E-state index in [4.69, 9.17) is 0 Å². The molecule has 0 aliphatic rings. The Kier molecular flexibility index (Phi) is 2.65. The summed E-state index contributed by atoms with van der Waals surface area (Å²) in [6.07, 6.45) is 2.15. The summed E-state index contributed by atoms with van der Waals surface area (Å²) in [5.41, 5.74) is 0. The molecule has 0 aliphatic heterocycles. The number of rotatable bonds is 1. The van der Waals surface area contributed by atoms with E-state index < -0.39 is 6.89 Å². The minimum absolute atomic E-state index is 0.824. The fraction of sp³-hybridized carbons (Fsp3) is 0.200. The molecule has 0 bridgehead atoms. The van der Waals surface area contributed by atoms with E-state index in [9.17, 15) is 0 Å². The zero-order chi connectivity index (χ0) is 6.91. The molecule has 0 aliphatic carbocycles. The Morgan fingerprint density at radius 2 is 2.22 bits per heavy atom. The molecule has 9 heavy (non-hydrogen) atoms. The van der Waals surface area contributed by atoms with Crippen LogP contribution in [-0.4, -0.2) is 6.26 Å². The second-order valence-corrected chi connectivity index (χ2v) is 14.8. The summed E-state index contributed by atoms with van der Waals surface area (Å²) in [7, 11) is 0. The maximum absolute atomic E-state index is 3.57. The van der Waals surface area contributed by atoms with E-state index in [0.29, 0.717) is 0 Å². The first-order valence-corrected chi connectivity index (χ1v) is 8.97. The van der Waals surface area contributed by atoms with E-state index in [0.717, 1.165) is 0 Å². The van der Waals surface area contributed by atoms with Crippen molar-refractivity contribution in [3.63, 3.8) is 0 Å². The molecule has 1 aromatic heterocycles. The lowest BCUT2D eigenvalue weighted by molar-refractivity contribution is 1.60. The van der Waals surface area contributed by atoms with Gasteiger partial charge in [-0.1, -0.05) is 6.89 Å². The quantitative estimate of drug-likeness (QED) is 0.728. The summed E-state index contributed by atoms with van der Waals surface area (Å²) < 4.78 is 0. The van der Waals surface area contributed by atoms with Gasteiger partial charge >= 0.3 is 0 Å². The predicted molar refractivity (Wildman–Crippen MR) is 54.0 cm³/mol. The van der Waals surface area contributed by atoms with E-state index in [1.54, 1.807) is 11.3 Å².